The van der Waals surface area contributed by atoms with Crippen molar-refractivity contribution in [2.45, 2.75) is 19.9 Å². The monoisotopic (exact) mass is 317 g/mol. The molecule has 3 N–H and O–H groups in total. The lowest BCUT2D eigenvalue weighted by Gasteiger charge is -2.04. The molecule has 0 aliphatic heterocycles. The van der Waals surface area contributed by atoms with Crippen molar-refractivity contribution in [1.29, 1.82) is 0 Å². The molecule has 21 heavy (non-hydrogen) atoms. The predicted octanol–water partition coefficient (Wildman–Crippen LogP) is 3.43. The zero-order valence-electron chi connectivity index (χ0n) is 11.6. The summed E-state index contributed by atoms with van der Waals surface area (Å²) in [6.07, 6.45) is 2.68. The van der Waals surface area contributed by atoms with E-state index in [-0.39, 0.29) is 5.91 Å². The number of amides is 1. The van der Waals surface area contributed by atoms with Crippen molar-refractivity contribution in [1.82, 2.24) is 10.3 Å². The topological polar surface area (TPSA) is 68.0 Å². The molecule has 3 heterocycles. The minimum atomic E-state index is -0.133. The molecule has 0 saturated carbocycles. The van der Waals surface area contributed by atoms with E-state index in [9.17, 15) is 4.79 Å². The number of hydrogen-bond acceptors (Lipinski definition) is 5. The summed E-state index contributed by atoms with van der Waals surface area (Å²) >= 11 is 3.00. The normalized spacial score (nSPS) is 10.9. The molecule has 3 rings (SSSR count). The highest BCUT2D eigenvalue weighted by Crippen LogP contribution is 2.31. The summed E-state index contributed by atoms with van der Waals surface area (Å²) in [6.45, 7) is 2.66. The van der Waals surface area contributed by atoms with Crippen LogP contribution in [0.5, 0.6) is 0 Å². The molecule has 0 aliphatic carbocycles. The summed E-state index contributed by atoms with van der Waals surface area (Å²) in [5, 5.41) is 5.85. The maximum Gasteiger partial charge on any atom is 0.263 e. The van der Waals surface area contributed by atoms with E-state index < -0.39 is 0 Å². The van der Waals surface area contributed by atoms with Gasteiger partial charge in [-0.3, -0.25) is 4.79 Å². The largest absolute Gasteiger partial charge is 0.397 e. The Morgan fingerprint density at radius 2 is 2.29 bits per heavy atom. The second-order valence-corrected chi connectivity index (χ2v) is 6.61. The van der Waals surface area contributed by atoms with Gasteiger partial charge in [-0.2, -0.15) is 0 Å². The molecule has 108 valence electrons. The Hall–Kier alpha value is -1.92. The fraction of sp³-hybridized carbons (Fsp3) is 0.200. The molecule has 0 aromatic carbocycles. The van der Waals surface area contributed by atoms with Crippen molar-refractivity contribution in [3.63, 3.8) is 0 Å². The second kappa shape index (κ2) is 5.83. The van der Waals surface area contributed by atoms with Gasteiger partial charge in [0.05, 0.1) is 12.2 Å². The van der Waals surface area contributed by atoms with Crippen molar-refractivity contribution in [3.05, 3.63) is 45.1 Å². The summed E-state index contributed by atoms with van der Waals surface area (Å²) < 4.78 is 0. The third-order valence-electron chi connectivity index (χ3n) is 3.34. The number of aromatic nitrogens is 1. The molecule has 3 aromatic heterocycles. The predicted molar refractivity (Wildman–Crippen MR) is 88.9 cm³/mol. The van der Waals surface area contributed by atoms with Gasteiger partial charge >= 0.3 is 0 Å². The second-order valence-electron chi connectivity index (χ2n) is 4.61. The number of nitrogens with zero attached hydrogens (tertiary/aromatic N) is 1. The van der Waals surface area contributed by atoms with Crippen LogP contribution in [0.4, 0.5) is 5.69 Å². The van der Waals surface area contributed by atoms with E-state index >= 15 is 0 Å². The van der Waals surface area contributed by atoms with Crippen LogP contribution in [-0.4, -0.2) is 10.9 Å². The number of carbonyl (C=O) groups is 1. The van der Waals surface area contributed by atoms with Gasteiger partial charge in [0.15, 0.2) is 0 Å². The van der Waals surface area contributed by atoms with Gasteiger partial charge in [0.1, 0.15) is 9.71 Å². The van der Waals surface area contributed by atoms with Gasteiger partial charge < -0.3 is 11.1 Å². The molecule has 0 unspecified atom stereocenters. The Labute approximate surface area is 130 Å². The first kappa shape index (κ1) is 14.0. The van der Waals surface area contributed by atoms with Crippen LogP contribution in [0, 0.1) is 0 Å². The molecule has 3 aromatic rings. The lowest BCUT2D eigenvalue weighted by molar-refractivity contribution is 0.0956. The zero-order chi connectivity index (χ0) is 14.8. The first-order valence-electron chi connectivity index (χ1n) is 6.67. The number of nitrogens with two attached hydrogens (primary N) is 1. The van der Waals surface area contributed by atoms with Gasteiger partial charge in [0.2, 0.25) is 0 Å². The fourth-order valence-electron chi connectivity index (χ4n) is 2.20. The Kier molecular flexibility index (Phi) is 3.90. The number of thiophene rings is 2. The van der Waals surface area contributed by atoms with Crippen LogP contribution in [0.1, 0.15) is 27.0 Å². The summed E-state index contributed by atoms with van der Waals surface area (Å²) in [6, 6.07) is 5.82. The summed E-state index contributed by atoms with van der Waals surface area (Å²) in [7, 11) is 0. The highest BCUT2D eigenvalue weighted by Gasteiger charge is 2.17. The van der Waals surface area contributed by atoms with E-state index in [2.05, 4.69) is 28.7 Å². The van der Waals surface area contributed by atoms with Gasteiger partial charge in [0.25, 0.3) is 5.91 Å². The molecule has 0 saturated heterocycles. The summed E-state index contributed by atoms with van der Waals surface area (Å²) in [5.41, 5.74) is 7.86. The lowest BCUT2D eigenvalue weighted by atomic mass is 10.2. The van der Waals surface area contributed by atoms with Crippen LogP contribution < -0.4 is 11.1 Å². The van der Waals surface area contributed by atoms with Gasteiger partial charge in [-0.05, 0) is 35.6 Å². The molecule has 0 fully saturated rings. The molecular weight excluding hydrogens is 302 g/mol. The molecule has 1 amide bonds. The van der Waals surface area contributed by atoms with Crippen LogP contribution >= 0.6 is 22.7 Å². The van der Waals surface area contributed by atoms with E-state index in [1.807, 2.05) is 12.1 Å². The number of nitrogens with one attached hydrogen (secondary N) is 1. The van der Waals surface area contributed by atoms with E-state index in [1.165, 1.54) is 21.8 Å². The van der Waals surface area contributed by atoms with Gasteiger partial charge in [0, 0.05) is 16.5 Å². The van der Waals surface area contributed by atoms with Crippen molar-refractivity contribution in [3.8, 4) is 0 Å². The van der Waals surface area contributed by atoms with Crippen molar-refractivity contribution in [2.75, 3.05) is 5.73 Å². The van der Waals surface area contributed by atoms with E-state index in [4.69, 9.17) is 5.73 Å². The smallest absolute Gasteiger partial charge is 0.263 e. The van der Waals surface area contributed by atoms with Crippen molar-refractivity contribution < 1.29 is 4.79 Å². The number of carbonyl (C=O) groups excluding carboxylic acids is 1. The lowest BCUT2D eigenvalue weighted by Crippen LogP contribution is -2.22. The number of anilines is 1. The SMILES string of the molecule is CCc1ccsc1CNC(=O)c1sc2ncccc2c1N. The average molecular weight is 317 g/mol. The average Bonchev–Trinajstić information content (AvgIpc) is 3.09. The summed E-state index contributed by atoms with van der Waals surface area (Å²) in [5.74, 6) is -0.133. The number of hydrogen-bond donors (Lipinski definition) is 2. The quantitative estimate of drug-likeness (QED) is 0.774. The molecule has 6 heteroatoms. The zero-order valence-corrected chi connectivity index (χ0v) is 13.2. The van der Waals surface area contributed by atoms with Gasteiger partial charge in [-0.15, -0.1) is 22.7 Å². The minimum absolute atomic E-state index is 0.133. The first-order valence-corrected chi connectivity index (χ1v) is 8.36. The van der Waals surface area contributed by atoms with Crippen LogP contribution in [0.3, 0.4) is 0 Å². The highest BCUT2D eigenvalue weighted by atomic mass is 32.1. The third kappa shape index (κ3) is 2.64. The molecule has 0 bridgehead atoms. The Morgan fingerprint density at radius 1 is 1.43 bits per heavy atom. The molecule has 0 radical (unpaired) electrons. The van der Waals surface area contributed by atoms with Crippen LogP contribution in [0.2, 0.25) is 0 Å². The maximum absolute atomic E-state index is 12.3. The number of fused-ring (bicyclic) bond motifs is 1. The maximum atomic E-state index is 12.3. The first-order chi connectivity index (χ1) is 10.2. The van der Waals surface area contributed by atoms with Gasteiger partial charge in [-0.25, -0.2) is 4.98 Å². The Bertz CT molecular complexity index is 791. The molecule has 4 nitrogen and oxygen atoms in total. The molecular formula is C15H15N3OS2. The molecule has 0 spiro atoms. The molecule has 0 atom stereocenters. The number of rotatable bonds is 4. The van der Waals surface area contributed by atoms with Crippen molar-refractivity contribution >= 4 is 44.5 Å². The number of pyridine rings is 1. The standard InChI is InChI=1S/C15H15N3OS2/c1-2-9-5-7-20-11(9)8-18-14(19)13-12(16)10-4-3-6-17-15(10)21-13/h3-7H,2,8,16H2,1H3,(H,18,19). The highest BCUT2D eigenvalue weighted by molar-refractivity contribution is 7.21. The van der Waals surface area contributed by atoms with Crippen LogP contribution in [-0.2, 0) is 13.0 Å². The summed E-state index contributed by atoms with van der Waals surface area (Å²) in [4.78, 5) is 19.1. The number of aryl methyl sites for hydroxylation is 1. The van der Waals surface area contributed by atoms with Crippen LogP contribution in [0.15, 0.2) is 29.8 Å². The van der Waals surface area contributed by atoms with Crippen LogP contribution in [0.25, 0.3) is 10.2 Å². The van der Waals surface area contributed by atoms with E-state index in [0.29, 0.717) is 17.1 Å². The van der Waals surface area contributed by atoms with E-state index in [0.717, 1.165) is 16.6 Å². The Balaban J connectivity index is 1.80. The molecule has 0 aliphatic rings. The fourth-order valence-corrected chi connectivity index (χ4v) is 4.09. The minimum Gasteiger partial charge on any atom is -0.397 e. The van der Waals surface area contributed by atoms with Gasteiger partial charge in [-0.1, -0.05) is 6.92 Å². The van der Waals surface area contributed by atoms with Crippen molar-refractivity contribution in [2.24, 2.45) is 0 Å². The van der Waals surface area contributed by atoms with E-state index in [1.54, 1.807) is 17.5 Å². The third-order valence-corrected chi connectivity index (χ3v) is 5.43. The number of nitrogen functional groups attached to an aromatic ring is 1. The Morgan fingerprint density at radius 3 is 3.05 bits per heavy atom.